The monoisotopic (exact) mass is 840 g/mol. The topological polar surface area (TPSA) is 129 Å². The van der Waals surface area contributed by atoms with Gasteiger partial charge in [0, 0.05) is 23.3 Å². The summed E-state index contributed by atoms with van der Waals surface area (Å²) in [7, 11) is 0. The minimum Gasteiger partial charge on any atom is -0.457 e. The highest BCUT2D eigenvalue weighted by atomic mass is 16.7. The molecule has 0 radical (unpaired) electrons. The Kier molecular flexibility index (Phi) is 13.9. The van der Waals surface area contributed by atoms with E-state index in [0.717, 1.165) is 67.8 Å². The number of hydroxylamine groups is 2. The summed E-state index contributed by atoms with van der Waals surface area (Å²) in [5, 5.41) is 0. The first kappa shape index (κ1) is 43.7. The molecule has 1 aliphatic carbocycles. The molecule has 10 heteroatoms. The second kappa shape index (κ2) is 20.0. The number of ether oxygens (including phenoxy) is 2. The van der Waals surface area contributed by atoms with E-state index in [4.69, 9.17) is 19.1 Å². The molecule has 1 aliphatic rings. The maximum atomic E-state index is 13.5. The zero-order valence-electron chi connectivity index (χ0n) is 35.2. The van der Waals surface area contributed by atoms with Gasteiger partial charge in [0.2, 0.25) is 0 Å². The molecule has 6 aromatic carbocycles. The maximum Gasteiger partial charge on any atom is 0.330 e. The van der Waals surface area contributed by atoms with Gasteiger partial charge in [0.1, 0.15) is 25.4 Å². The molecule has 0 fully saturated rings. The minimum absolute atomic E-state index is 0.0149. The summed E-state index contributed by atoms with van der Waals surface area (Å²) in [5.74, 6) is -1.98. The number of fused-ring (bicyclic) bond motifs is 3. The van der Waals surface area contributed by atoms with Crippen LogP contribution in [0.3, 0.4) is 0 Å². The van der Waals surface area contributed by atoms with Crippen LogP contribution in [0.1, 0.15) is 69.7 Å². The predicted octanol–water partition coefficient (Wildman–Crippen LogP) is 9.72. The highest BCUT2D eigenvalue weighted by molar-refractivity contribution is 6.01. The third-order valence-electron chi connectivity index (χ3n) is 11.2. The molecule has 0 bridgehead atoms. The van der Waals surface area contributed by atoms with E-state index < -0.39 is 41.4 Å². The minimum atomic E-state index is -0.713. The zero-order chi connectivity index (χ0) is 44.3. The Morgan fingerprint density at radius 2 is 0.857 bits per heavy atom. The van der Waals surface area contributed by atoms with E-state index in [2.05, 4.69) is 96.9 Å². The van der Waals surface area contributed by atoms with Crippen LogP contribution in [0.25, 0.3) is 33.4 Å². The molecule has 0 saturated heterocycles. The quantitative estimate of drug-likeness (QED) is 0.0497. The molecular formula is C53H48N2O8. The van der Waals surface area contributed by atoms with Gasteiger partial charge in [0.05, 0.1) is 5.41 Å². The molecular weight excluding hydrogens is 793 g/mol. The van der Waals surface area contributed by atoms with Gasteiger partial charge >= 0.3 is 11.9 Å². The Morgan fingerprint density at radius 1 is 0.508 bits per heavy atom. The Labute approximate surface area is 367 Å². The molecule has 10 nitrogen and oxygen atoms in total. The van der Waals surface area contributed by atoms with Crippen molar-refractivity contribution in [2.24, 2.45) is 0 Å². The Bertz CT molecular complexity index is 2450. The molecule has 0 heterocycles. The van der Waals surface area contributed by atoms with Crippen molar-refractivity contribution in [3.05, 3.63) is 204 Å². The van der Waals surface area contributed by atoms with Crippen LogP contribution in [-0.4, -0.2) is 49.2 Å². The average Bonchev–Trinajstić information content (AvgIpc) is 3.64. The molecule has 6 aromatic rings. The number of rotatable bonds is 18. The summed E-state index contributed by atoms with van der Waals surface area (Å²) in [4.78, 5) is 61.3. The largest absolute Gasteiger partial charge is 0.457 e. The number of hydrogen-bond donors (Lipinski definition) is 2. The standard InChI is InChI=1S/C53H48N2O8/c1-5-39(62-49(56)7-3)33-60-54-51(58)45-21-11-9-17-41(45)35-25-29-37(30-26-35)53(47-23-15-13-19-43(47)44-20-14-16-24-48(44)53)38-31-27-36(28-32-38)42-18-10-12-22-46(42)52(59)55-61-34-40(6-2)63-50(57)8-4/h7-32,39-40H,3-6,33-34H2,1-2H3,(H,54,58)(H,55,59). The molecule has 2 atom stereocenters. The van der Waals surface area contributed by atoms with Crippen molar-refractivity contribution in [3.63, 3.8) is 0 Å². The van der Waals surface area contributed by atoms with Crippen LogP contribution in [0.2, 0.25) is 0 Å². The van der Waals surface area contributed by atoms with Gasteiger partial charge < -0.3 is 9.47 Å². The van der Waals surface area contributed by atoms with Gasteiger partial charge in [0.15, 0.2) is 0 Å². The molecule has 2 N–H and O–H groups in total. The van der Waals surface area contributed by atoms with Crippen LogP contribution in [0.4, 0.5) is 0 Å². The lowest BCUT2D eigenvalue weighted by Crippen LogP contribution is -2.30. The molecule has 63 heavy (non-hydrogen) atoms. The first-order valence-corrected chi connectivity index (χ1v) is 20.8. The van der Waals surface area contributed by atoms with Gasteiger partial charge in [-0.1, -0.05) is 160 Å². The second-order valence-electron chi connectivity index (χ2n) is 14.9. The van der Waals surface area contributed by atoms with Crippen molar-refractivity contribution in [2.75, 3.05) is 13.2 Å². The van der Waals surface area contributed by atoms with Crippen LogP contribution in [0.5, 0.6) is 0 Å². The highest BCUT2D eigenvalue weighted by Gasteiger charge is 2.46. The molecule has 318 valence electrons. The van der Waals surface area contributed by atoms with Crippen molar-refractivity contribution in [3.8, 4) is 33.4 Å². The molecule has 2 unspecified atom stereocenters. The van der Waals surface area contributed by atoms with E-state index in [1.807, 2.05) is 62.4 Å². The van der Waals surface area contributed by atoms with Crippen LogP contribution in [0.15, 0.2) is 171 Å². The predicted molar refractivity (Wildman–Crippen MR) is 242 cm³/mol. The third-order valence-corrected chi connectivity index (χ3v) is 11.2. The van der Waals surface area contributed by atoms with Crippen LogP contribution in [-0.2, 0) is 34.2 Å². The Balaban J connectivity index is 1.20. The maximum absolute atomic E-state index is 13.5. The first-order chi connectivity index (χ1) is 30.7. The number of carbonyl (C=O) groups excluding carboxylic acids is 4. The fourth-order valence-electron chi connectivity index (χ4n) is 8.09. The summed E-state index contributed by atoms with van der Waals surface area (Å²) in [6.07, 6.45) is 2.10. The number of amides is 2. The van der Waals surface area contributed by atoms with Crippen molar-refractivity contribution >= 4 is 23.8 Å². The number of carbonyl (C=O) groups is 4. The molecule has 2 amide bonds. The lowest BCUT2D eigenvalue weighted by molar-refractivity contribution is -0.148. The van der Waals surface area contributed by atoms with Crippen LogP contribution < -0.4 is 11.0 Å². The number of esters is 2. The average molecular weight is 841 g/mol. The van der Waals surface area contributed by atoms with E-state index in [-0.39, 0.29) is 13.2 Å². The van der Waals surface area contributed by atoms with E-state index in [1.165, 1.54) is 0 Å². The first-order valence-electron chi connectivity index (χ1n) is 20.8. The summed E-state index contributed by atoms with van der Waals surface area (Å²) < 4.78 is 10.5. The molecule has 0 aliphatic heterocycles. The summed E-state index contributed by atoms with van der Waals surface area (Å²) in [6, 6.07) is 48.2. The van der Waals surface area contributed by atoms with Crippen molar-refractivity contribution < 1.29 is 38.3 Å². The fraction of sp³-hybridized carbons (Fsp3) is 0.170. The third kappa shape index (κ3) is 9.13. The molecule has 7 rings (SSSR count). The molecule has 0 saturated carbocycles. The van der Waals surface area contributed by atoms with Crippen LogP contribution in [0, 0.1) is 0 Å². The zero-order valence-corrected chi connectivity index (χ0v) is 35.2. The number of nitrogens with one attached hydrogen (secondary N) is 2. The Morgan fingerprint density at radius 3 is 1.22 bits per heavy atom. The second-order valence-corrected chi connectivity index (χ2v) is 14.9. The lowest BCUT2D eigenvalue weighted by Gasteiger charge is -2.34. The number of hydrogen-bond acceptors (Lipinski definition) is 8. The van der Waals surface area contributed by atoms with E-state index in [9.17, 15) is 19.2 Å². The van der Waals surface area contributed by atoms with Crippen molar-refractivity contribution in [1.82, 2.24) is 11.0 Å². The molecule has 0 spiro atoms. The summed E-state index contributed by atoms with van der Waals surface area (Å²) >= 11 is 0. The van der Waals surface area contributed by atoms with Gasteiger partial charge in [-0.25, -0.2) is 20.5 Å². The van der Waals surface area contributed by atoms with Gasteiger partial charge in [-0.05, 0) is 80.6 Å². The van der Waals surface area contributed by atoms with Gasteiger partial charge in [-0.15, -0.1) is 0 Å². The van der Waals surface area contributed by atoms with Gasteiger partial charge in [0.25, 0.3) is 11.8 Å². The lowest BCUT2D eigenvalue weighted by atomic mass is 9.67. The number of benzene rings is 6. The van der Waals surface area contributed by atoms with Gasteiger partial charge in [-0.3, -0.25) is 19.3 Å². The highest BCUT2D eigenvalue weighted by Crippen LogP contribution is 2.56. The van der Waals surface area contributed by atoms with E-state index in [0.29, 0.717) is 24.0 Å². The van der Waals surface area contributed by atoms with E-state index >= 15 is 0 Å². The smallest absolute Gasteiger partial charge is 0.330 e. The van der Waals surface area contributed by atoms with Gasteiger partial charge in [-0.2, -0.15) is 0 Å². The fourth-order valence-corrected chi connectivity index (χ4v) is 8.09. The summed E-state index contributed by atoms with van der Waals surface area (Å²) in [6.45, 7) is 10.5. The van der Waals surface area contributed by atoms with Crippen molar-refractivity contribution in [1.29, 1.82) is 0 Å². The summed E-state index contributed by atoms with van der Waals surface area (Å²) in [5.41, 5.74) is 14.9. The normalized spacial score (nSPS) is 13.0. The van der Waals surface area contributed by atoms with Crippen LogP contribution >= 0.6 is 0 Å². The SMILES string of the molecule is C=CC(=O)OC(CC)CONC(=O)c1ccccc1-c1ccc(C2(c3ccc(-c4ccccc4C(=O)NOCC(CC)OC(=O)C=C)cc3)c3ccccc3-c3ccccc32)cc1. The van der Waals surface area contributed by atoms with E-state index in [1.54, 1.807) is 24.3 Å². The van der Waals surface area contributed by atoms with Crippen molar-refractivity contribution in [2.45, 2.75) is 44.3 Å². The Hall–Kier alpha value is -7.40. The molecule has 0 aromatic heterocycles.